The number of hydrogen-bond acceptors (Lipinski definition) is 3. The van der Waals surface area contributed by atoms with E-state index in [9.17, 15) is 4.79 Å². The molecule has 4 unspecified atom stereocenters. The van der Waals surface area contributed by atoms with Gasteiger partial charge in [-0.2, -0.15) is 0 Å². The van der Waals surface area contributed by atoms with E-state index in [0.29, 0.717) is 12.0 Å². The van der Waals surface area contributed by atoms with Gasteiger partial charge >= 0.3 is 0 Å². The normalized spacial score (nSPS) is 41.9. The summed E-state index contributed by atoms with van der Waals surface area (Å²) in [6, 6.07) is 0.321. The number of fused-ring (bicyclic) bond motifs is 1. The predicted octanol–water partition coefficient (Wildman–Crippen LogP) is 1.06. The van der Waals surface area contributed by atoms with E-state index in [-0.39, 0.29) is 23.4 Å². The average molecular weight is 252 g/mol. The molecule has 2 heterocycles. The minimum absolute atomic E-state index is 0.0318. The second-order valence-corrected chi connectivity index (χ2v) is 6.55. The molecule has 4 nitrogen and oxygen atoms in total. The molecule has 2 saturated heterocycles. The van der Waals surface area contributed by atoms with Crippen LogP contribution in [-0.2, 0) is 9.53 Å². The minimum Gasteiger partial charge on any atom is -0.377 e. The Hall–Kier alpha value is -0.610. The average Bonchev–Trinajstić information content (AvgIpc) is 2.89. The fourth-order valence-corrected chi connectivity index (χ4v) is 3.98. The van der Waals surface area contributed by atoms with Crippen molar-refractivity contribution < 1.29 is 9.53 Å². The third kappa shape index (κ3) is 1.86. The first kappa shape index (κ1) is 12.4. The maximum absolute atomic E-state index is 12.2. The molecule has 2 N–H and O–H groups in total. The van der Waals surface area contributed by atoms with Gasteiger partial charge in [0.05, 0.1) is 12.1 Å². The van der Waals surface area contributed by atoms with Crippen molar-refractivity contribution in [3.05, 3.63) is 0 Å². The Morgan fingerprint density at radius 3 is 2.89 bits per heavy atom. The Balaban J connectivity index is 1.63. The molecule has 0 spiro atoms. The molecular weight excluding hydrogens is 228 g/mol. The highest BCUT2D eigenvalue weighted by atomic mass is 16.5. The lowest BCUT2D eigenvalue weighted by Gasteiger charge is -2.60. The van der Waals surface area contributed by atoms with Gasteiger partial charge in [0.1, 0.15) is 0 Å². The Kier molecular flexibility index (Phi) is 3.10. The standard InChI is InChI=1S/C14H24N2O2/c1-14(2)11(9-5-4-8-18-12(9)14)16-13(17)10-6-3-7-15-10/h9-12,15H,3-8H2,1-2H3,(H,16,17). The summed E-state index contributed by atoms with van der Waals surface area (Å²) in [4.78, 5) is 12.2. The summed E-state index contributed by atoms with van der Waals surface area (Å²) < 4.78 is 5.86. The van der Waals surface area contributed by atoms with Crippen molar-refractivity contribution in [2.24, 2.45) is 11.3 Å². The molecule has 0 bridgehead atoms. The molecule has 3 fully saturated rings. The molecule has 1 aliphatic carbocycles. The zero-order valence-electron chi connectivity index (χ0n) is 11.4. The Morgan fingerprint density at radius 1 is 1.33 bits per heavy atom. The summed E-state index contributed by atoms with van der Waals surface area (Å²) in [6.07, 6.45) is 4.75. The van der Waals surface area contributed by atoms with Crippen LogP contribution in [0, 0.1) is 11.3 Å². The summed E-state index contributed by atoms with van der Waals surface area (Å²) in [5.74, 6) is 0.716. The van der Waals surface area contributed by atoms with Gasteiger partial charge in [0.15, 0.2) is 0 Å². The largest absolute Gasteiger partial charge is 0.377 e. The molecule has 102 valence electrons. The fraction of sp³-hybridized carbons (Fsp3) is 0.929. The molecule has 4 atom stereocenters. The summed E-state index contributed by atoms with van der Waals surface area (Å²) in [6.45, 7) is 6.29. The first-order valence-electron chi connectivity index (χ1n) is 7.26. The minimum atomic E-state index is 0.0318. The van der Waals surface area contributed by atoms with Gasteiger partial charge in [-0.25, -0.2) is 0 Å². The summed E-state index contributed by atoms with van der Waals surface area (Å²) in [5, 5.41) is 6.53. The number of amides is 1. The highest BCUT2D eigenvalue weighted by molar-refractivity contribution is 5.82. The van der Waals surface area contributed by atoms with E-state index in [1.54, 1.807) is 0 Å². The summed E-state index contributed by atoms with van der Waals surface area (Å²) in [5.41, 5.74) is 0.0827. The summed E-state index contributed by atoms with van der Waals surface area (Å²) in [7, 11) is 0. The van der Waals surface area contributed by atoms with Crippen molar-refractivity contribution in [1.82, 2.24) is 10.6 Å². The lowest BCUT2D eigenvalue weighted by molar-refractivity contribution is -0.194. The molecule has 0 aromatic carbocycles. The van der Waals surface area contributed by atoms with Gasteiger partial charge in [-0.3, -0.25) is 4.79 Å². The number of hydrogen-bond donors (Lipinski definition) is 2. The quantitative estimate of drug-likeness (QED) is 0.772. The highest BCUT2D eigenvalue weighted by Crippen LogP contribution is 2.51. The van der Waals surface area contributed by atoms with Gasteiger partial charge in [-0.05, 0) is 32.2 Å². The van der Waals surface area contributed by atoms with Crippen LogP contribution in [0.5, 0.6) is 0 Å². The molecule has 0 aromatic heterocycles. The van der Waals surface area contributed by atoms with Crippen LogP contribution in [0.25, 0.3) is 0 Å². The zero-order chi connectivity index (χ0) is 12.8. The Bertz CT molecular complexity index is 337. The van der Waals surface area contributed by atoms with Crippen LogP contribution in [0.4, 0.5) is 0 Å². The van der Waals surface area contributed by atoms with Gasteiger partial charge in [0, 0.05) is 24.0 Å². The van der Waals surface area contributed by atoms with Gasteiger partial charge in [0.2, 0.25) is 5.91 Å². The maximum Gasteiger partial charge on any atom is 0.237 e. The van der Waals surface area contributed by atoms with E-state index in [4.69, 9.17) is 4.74 Å². The van der Waals surface area contributed by atoms with Crippen molar-refractivity contribution in [3.63, 3.8) is 0 Å². The molecule has 2 aliphatic heterocycles. The molecule has 4 heteroatoms. The topological polar surface area (TPSA) is 50.4 Å². The Morgan fingerprint density at radius 2 is 2.17 bits per heavy atom. The zero-order valence-corrected chi connectivity index (χ0v) is 11.4. The van der Waals surface area contributed by atoms with Crippen LogP contribution < -0.4 is 10.6 Å². The first-order valence-corrected chi connectivity index (χ1v) is 7.26. The molecule has 0 radical (unpaired) electrons. The predicted molar refractivity (Wildman–Crippen MR) is 69.2 cm³/mol. The number of nitrogens with one attached hydrogen (secondary N) is 2. The van der Waals surface area contributed by atoms with Crippen molar-refractivity contribution in [2.75, 3.05) is 13.2 Å². The Labute approximate surface area is 109 Å². The molecule has 1 saturated carbocycles. The molecule has 3 rings (SSSR count). The molecule has 3 aliphatic rings. The fourth-order valence-electron chi connectivity index (χ4n) is 3.98. The van der Waals surface area contributed by atoms with E-state index in [2.05, 4.69) is 24.5 Å². The van der Waals surface area contributed by atoms with E-state index in [1.165, 1.54) is 6.42 Å². The number of ether oxygens (including phenoxy) is 1. The number of carbonyl (C=O) groups is 1. The lowest BCUT2D eigenvalue weighted by atomic mass is 9.55. The van der Waals surface area contributed by atoms with E-state index in [1.807, 2.05) is 0 Å². The van der Waals surface area contributed by atoms with Crippen LogP contribution >= 0.6 is 0 Å². The summed E-state index contributed by atoms with van der Waals surface area (Å²) >= 11 is 0. The number of rotatable bonds is 2. The number of carbonyl (C=O) groups excluding carboxylic acids is 1. The van der Waals surface area contributed by atoms with Gasteiger partial charge in [-0.15, -0.1) is 0 Å². The van der Waals surface area contributed by atoms with Crippen molar-refractivity contribution in [3.8, 4) is 0 Å². The highest BCUT2D eigenvalue weighted by Gasteiger charge is 2.58. The van der Waals surface area contributed by atoms with E-state index in [0.717, 1.165) is 32.4 Å². The molecule has 18 heavy (non-hydrogen) atoms. The van der Waals surface area contributed by atoms with Gasteiger partial charge in [0.25, 0.3) is 0 Å². The van der Waals surface area contributed by atoms with Crippen LogP contribution in [0.3, 0.4) is 0 Å². The van der Waals surface area contributed by atoms with E-state index >= 15 is 0 Å². The SMILES string of the molecule is CC1(C)C(NC(=O)C2CCCN2)C2CCCOC21. The smallest absolute Gasteiger partial charge is 0.237 e. The van der Waals surface area contributed by atoms with Crippen LogP contribution in [0.1, 0.15) is 39.5 Å². The molecule has 1 amide bonds. The third-order valence-electron chi connectivity index (χ3n) is 5.01. The van der Waals surface area contributed by atoms with Crippen LogP contribution in [-0.4, -0.2) is 37.2 Å². The van der Waals surface area contributed by atoms with Crippen molar-refractivity contribution in [2.45, 2.75) is 57.7 Å². The lowest BCUT2D eigenvalue weighted by Crippen LogP contribution is -2.71. The van der Waals surface area contributed by atoms with E-state index < -0.39 is 0 Å². The van der Waals surface area contributed by atoms with Gasteiger partial charge in [-0.1, -0.05) is 13.8 Å². The molecular formula is C14H24N2O2. The third-order valence-corrected chi connectivity index (χ3v) is 5.01. The van der Waals surface area contributed by atoms with Crippen molar-refractivity contribution >= 4 is 5.91 Å². The first-order chi connectivity index (χ1) is 8.60. The van der Waals surface area contributed by atoms with Crippen molar-refractivity contribution in [1.29, 1.82) is 0 Å². The second-order valence-electron chi connectivity index (χ2n) is 6.55. The van der Waals surface area contributed by atoms with Crippen LogP contribution in [0.2, 0.25) is 0 Å². The van der Waals surface area contributed by atoms with Crippen LogP contribution in [0.15, 0.2) is 0 Å². The molecule has 0 aromatic rings. The maximum atomic E-state index is 12.2. The van der Waals surface area contributed by atoms with Gasteiger partial charge < -0.3 is 15.4 Å². The second kappa shape index (κ2) is 4.49. The monoisotopic (exact) mass is 252 g/mol.